The Bertz CT molecular complexity index is 332. The molecule has 0 aliphatic heterocycles. The third-order valence-electron chi connectivity index (χ3n) is 3.09. The number of hydrazine groups is 1. The van der Waals surface area contributed by atoms with E-state index in [4.69, 9.17) is 5.84 Å². The van der Waals surface area contributed by atoms with E-state index >= 15 is 0 Å². The summed E-state index contributed by atoms with van der Waals surface area (Å²) in [5, 5.41) is 0. The van der Waals surface area contributed by atoms with Gasteiger partial charge in [0, 0.05) is 10.5 Å². The molecule has 0 amide bonds. The van der Waals surface area contributed by atoms with E-state index in [1.165, 1.54) is 24.0 Å². The number of nitrogens with one attached hydrogen (secondary N) is 1. The predicted molar refractivity (Wildman–Crippen MR) is 77.6 cm³/mol. The Labute approximate surface area is 113 Å². The number of nitrogens with two attached hydrogens (primary N) is 1. The van der Waals surface area contributed by atoms with Gasteiger partial charge in [-0.25, -0.2) is 0 Å². The lowest BCUT2D eigenvalue weighted by Crippen LogP contribution is -2.29. The van der Waals surface area contributed by atoms with Crippen molar-refractivity contribution in [1.29, 1.82) is 0 Å². The number of hydrogen-bond acceptors (Lipinski definition) is 2. The molecule has 0 saturated heterocycles. The van der Waals surface area contributed by atoms with Crippen molar-refractivity contribution < 1.29 is 0 Å². The molecule has 0 bridgehead atoms. The van der Waals surface area contributed by atoms with E-state index in [0.29, 0.717) is 5.92 Å². The van der Waals surface area contributed by atoms with Gasteiger partial charge in [0.15, 0.2) is 0 Å². The molecule has 2 atom stereocenters. The molecule has 2 unspecified atom stereocenters. The van der Waals surface area contributed by atoms with Crippen LogP contribution in [0.15, 0.2) is 22.7 Å². The molecule has 0 aromatic heterocycles. The fourth-order valence-electron chi connectivity index (χ4n) is 2.28. The van der Waals surface area contributed by atoms with Crippen LogP contribution in [0, 0.1) is 12.8 Å². The van der Waals surface area contributed by atoms with Gasteiger partial charge < -0.3 is 0 Å². The first-order valence-corrected chi connectivity index (χ1v) is 7.09. The molecule has 2 nitrogen and oxygen atoms in total. The fraction of sp³-hybridized carbons (Fsp3) is 0.571. The van der Waals surface area contributed by atoms with Crippen molar-refractivity contribution in [2.24, 2.45) is 11.8 Å². The summed E-state index contributed by atoms with van der Waals surface area (Å²) in [4.78, 5) is 0. The minimum absolute atomic E-state index is 0.243. The van der Waals surface area contributed by atoms with Crippen LogP contribution in [0.2, 0.25) is 0 Å². The van der Waals surface area contributed by atoms with Gasteiger partial charge in [0.25, 0.3) is 0 Å². The van der Waals surface area contributed by atoms with Crippen molar-refractivity contribution in [3.63, 3.8) is 0 Å². The third-order valence-corrected chi connectivity index (χ3v) is 3.55. The van der Waals surface area contributed by atoms with Crippen LogP contribution in [0.25, 0.3) is 0 Å². The second kappa shape index (κ2) is 7.14. The van der Waals surface area contributed by atoms with Gasteiger partial charge in [-0.15, -0.1) is 0 Å². The maximum absolute atomic E-state index is 5.68. The number of aryl methyl sites for hydroxylation is 1. The summed E-state index contributed by atoms with van der Waals surface area (Å²) in [6.45, 7) is 6.63. The fourth-order valence-corrected chi connectivity index (χ4v) is 2.90. The van der Waals surface area contributed by atoms with Crippen molar-refractivity contribution in [3.05, 3.63) is 33.8 Å². The summed E-state index contributed by atoms with van der Waals surface area (Å²) >= 11 is 3.54. The van der Waals surface area contributed by atoms with Gasteiger partial charge in [-0.3, -0.25) is 11.3 Å². The van der Waals surface area contributed by atoms with E-state index in [9.17, 15) is 0 Å². The van der Waals surface area contributed by atoms with Crippen LogP contribution < -0.4 is 11.3 Å². The van der Waals surface area contributed by atoms with E-state index < -0.39 is 0 Å². The Hall–Kier alpha value is -0.380. The van der Waals surface area contributed by atoms with Crippen molar-refractivity contribution in [3.8, 4) is 0 Å². The highest BCUT2D eigenvalue weighted by atomic mass is 79.9. The topological polar surface area (TPSA) is 38.0 Å². The number of rotatable bonds is 6. The number of hydrogen-bond donors (Lipinski definition) is 2. The molecular weight excluding hydrogens is 276 g/mol. The van der Waals surface area contributed by atoms with Crippen LogP contribution in [0.4, 0.5) is 0 Å². The Balaban J connectivity index is 2.78. The highest BCUT2D eigenvalue weighted by molar-refractivity contribution is 9.10. The van der Waals surface area contributed by atoms with Crippen molar-refractivity contribution in [2.75, 3.05) is 0 Å². The van der Waals surface area contributed by atoms with Crippen LogP contribution >= 0.6 is 15.9 Å². The van der Waals surface area contributed by atoms with Crippen LogP contribution in [0.1, 0.15) is 50.3 Å². The lowest BCUT2D eigenvalue weighted by atomic mass is 9.93. The molecule has 1 aromatic carbocycles. The van der Waals surface area contributed by atoms with Gasteiger partial charge in [-0.05, 0) is 42.5 Å². The van der Waals surface area contributed by atoms with Crippen molar-refractivity contribution in [1.82, 2.24) is 5.43 Å². The van der Waals surface area contributed by atoms with Gasteiger partial charge in [-0.1, -0.05) is 48.7 Å². The molecule has 3 heteroatoms. The molecule has 0 aliphatic carbocycles. The Morgan fingerprint density at radius 2 is 2.06 bits per heavy atom. The smallest absolute Gasteiger partial charge is 0.0463 e. The molecule has 1 rings (SSSR count). The lowest BCUT2D eigenvalue weighted by molar-refractivity contribution is 0.394. The minimum atomic E-state index is 0.243. The monoisotopic (exact) mass is 298 g/mol. The maximum Gasteiger partial charge on any atom is 0.0463 e. The second-order valence-electron chi connectivity index (χ2n) is 4.91. The third kappa shape index (κ3) is 4.78. The van der Waals surface area contributed by atoms with Crippen LogP contribution in [-0.4, -0.2) is 0 Å². The van der Waals surface area contributed by atoms with Crippen LogP contribution in [-0.2, 0) is 0 Å². The van der Waals surface area contributed by atoms with Gasteiger partial charge in [-0.2, -0.15) is 0 Å². The normalized spacial score (nSPS) is 14.6. The first-order chi connectivity index (χ1) is 8.06. The summed E-state index contributed by atoms with van der Waals surface area (Å²) in [6.07, 6.45) is 3.57. The largest absolute Gasteiger partial charge is 0.271 e. The molecule has 0 radical (unpaired) electrons. The SMILES string of the molecule is CCCC(C)CC(NN)c1cc(C)cc(Br)c1. The van der Waals surface area contributed by atoms with Crippen molar-refractivity contribution >= 4 is 15.9 Å². The van der Waals surface area contributed by atoms with E-state index in [-0.39, 0.29) is 6.04 Å². The van der Waals surface area contributed by atoms with Gasteiger partial charge in [0.2, 0.25) is 0 Å². The predicted octanol–water partition coefficient (Wildman–Crippen LogP) is 4.09. The number of halogens is 1. The van der Waals surface area contributed by atoms with Gasteiger partial charge in [0.05, 0.1) is 0 Å². The van der Waals surface area contributed by atoms with Crippen LogP contribution in [0.3, 0.4) is 0 Å². The first-order valence-electron chi connectivity index (χ1n) is 6.30. The Morgan fingerprint density at radius 1 is 1.35 bits per heavy atom. The summed E-state index contributed by atoms with van der Waals surface area (Å²) in [6, 6.07) is 6.71. The Morgan fingerprint density at radius 3 is 2.59 bits per heavy atom. The zero-order valence-electron chi connectivity index (χ0n) is 11.0. The van der Waals surface area contributed by atoms with E-state index in [1.54, 1.807) is 0 Å². The molecule has 1 aromatic rings. The molecule has 3 N–H and O–H groups in total. The maximum atomic E-state index is 5.68. The zero-order chi connectivity index (χ0) is 12.8. The average molecular weight is 299 g/mol. The molecular formula is C14H23BrN2. The van der Waals surface area contributed by atoms with E-state index in [2.05, 4.69) is 60.3 Å². The quantitative estimate of drug-likeness (QED) is 0.613. The molecule has 0 fully saturated rings. The summed E-state index contributed by atoms with van der Waals surface area (Å²) in [7, 11) is 0. The first kappa shape index (κ1) is 14.7. The highest BCUT2D eigenvalue weighted by Gasteiger charge is 2.14. The summed E-state index contributed by atoms with van der Waals surface area (Å²) < 4.78 is 1.12. The molecule has 96 valence electrons. The van der Waals surface area contributed by atoms with E-state index in [0.717, 1.165) is 10.9 Å². The summed E-state index contributed by atoms with van der Waals surface area (Å²) in [5.41, 5.74) is 5.47. The minimum Gasteiger partial charge on any atom is -0.271 e. The van der Waals surface area contributed by atoms with Crippen LogP contribution in [0.5, 0.6) is 0 Å². The molecule has 0 heterocycles. The second-order valence-corrected chi connectivity index (χ2v) is 5.83. The number of benzene rings is 1. The van der Waals surface area contributed by atoms with Gasteiger partial charge in [0.1, 0.15) is 0 Å². The molecule has 0 aliphatic rings. The molecule has 0 saturated carbocycles. The zero-order valence-corrected chi connectivity index (χ0v) is 12.5. The van der Waals surface area contributed by atoms with Gasteiger partial charge >= 0.3 is 0 Å². The average Bonchev–Trinajstić information content (AvgIpc) is 2.24. The van der Waals surface area contributed by atoms with E-state index in [1.807, 2.05) is 0 Å². The molecule has 17 heavy (non-hydrogen) atoms. The van der Waals surface area contributed by atoms with Crippen molar-refractivity contribution in [2.45, 2.75) is 46.1 Å². The highest BCUT2D eigenvalue weighted by Crippen LogP contribution is 2.26. The lowest BCUT2D eigenvalue weighted by Gasteiger charge is -2.21. The summed E-state index contributed by atoms with van der Waals surface area (Å²) in [5.74, 6) is 6.38. The standard InChI is InChI=1S/C14H23BrN2/c1-4-5-10(2)8-14(17-16)12-6-11(3)7-13(15)9-12/h6-7,9-10,14,17H,4-5,8,16H2,1-3H3. The molecule has 0 spiro atoms. The Kier molecular flexibility index (Phi) is 6.17.